The van der Waals surface area contributed by atoms with Gasteiger partial charge < -0.3 is 9.80 Å². The van der Waals surface area contributed by atoms with E-state index in [1.807, 2.05) is 0 Å². The average molecular weight is 218 g/mol. The lowest BCUT2D eigenvalue weighted by Crippen LogP contribution is -2.43. The summed E-state index contributed by atoms with van der Waals surface area (Å²) in [5.41, 5.74) is 1.32. The van der Waals surface area contributed by atoms with E-state index in [1.165, 1.54) is 31.5 Å². The Kier molecular flexibility index (Phi) is 3.83. The molecule has 1 unspecified atom stereocenters. The number of likely N-dealkylation sites (N-methyl/N-ethyl adjacent to an activating group) is 2. The highest BCUT2D eigenvalue weighted by Crippen LogP contribution is 2.18. The van der Waals surface area contributed by atoms with E-state index in [9.17, 15) is 0 Å². The molecule has 0 saturated carbocycles. The molecule has 1 saturated heterocycles. The van der Waals surface area contributed by atoms with Crippen molar-refractivity contribution in [2.45, 2.75) is 25.3 Å². The Hall–Kier alpha value is -1.02. The summed E-state index contributed by atoms with van der Waals surface area (Å²) in [5, 5.41) is 0. The van der Waals surface area contributed by atoms with Crippen LogP contribution in [0.15, 0.2) is 30.3 Å². The number of hydrogen-bond donors (Lipinski definition) is 0. The molecule has 1 aliphatic rings. The molecule has 0 bridgehead atoms. The van der Waals surface area contributed by atoms with Crippen LogP contribution >= 0.6 is 0 Å². The molecule has 0 spiro atoms. The third kappa shape index (κ3) is 2.76. The number of piperidine rings is 1. The Morgan fingerprint density at radius 2 is 2.00 bits per heavy atom. The first-order chi connectivity index (χ1) is 7.77. The number of rotatable bonds is 3. The number of anilines is 1. The highest BCUT2D eigenvalue weighted by Gasteiger charge is 2.20. The van der Waals surface area contributed by atoms with Crippen LogP contribution in [-0.2, 0) is 0 Å². The second kappa shape index (κ2) is 5.35. The van der Waals surface area contributed by atoms with Crippen LogP contribution in [0.4, 0.5) is 5.69 Å². The lowest BCUT2D eigenvalue weighted by atomic mass is 10.0. The minimum Gasteiger partial charge on any atom is -0.373 e. The van der Waals surface area contributed by atoms with E-state index < -0.39 is 0 Å². The molecule has 2 rings (SSSR count). The van der Waals surface area contributed by atoms with Crippen LogP contribution in [0.1, 0.15) is 19.3 Å². The molecule has 0 radical (unpaired) electrons. The first-order valence-corrected chi connectivity index (χ1v) is 6.24. The van der Waals surface area contributed by atoms with Crippen molar-refractivity contribution in [2.75, 3.05) is 32.1 Å². The van der Waals surface area contributed by atoms with Crippen LogP contribution in [0.3, 0.4) is 0 Å². The molecular weight excluding hydrogens is 196 g/mol. The molecule has 1 fully saturated rings. The lowest BCUT2D eigenvalue weighted by molar-refractivity contribution is 0.189. The maximum absolute atomic E-state index is 2.50. The Bertz CT molecular complexity index is 310. The summed E-state index contributed by atoms with van der Waals surface area (Å²) in [4.78, 5) is 4.87. The average Bonchev–Trinajstić information content (AvgIpc) is 2.33. The van der Waals surface area contributed by atoms with Gasteiger partial charge in [-0.05, 0) is 38.6 Å². The maximum atomic E-state index is 2.50. The quantitative estimate of drug-likeness (QED) is 0.769. The molecule has 1 aromatic carbocycles. The number of likely N-dealkylation sites (tertiary alicyclic amines) is 1. The van der Waals surface area contributed by atoms with Gasteiger partial charge in [0.1, 0.15) is 0 Å². The Labute approximate surface area is 98.9 Å². The second-order valence-corrected chi connectivity index (χ2v) is 4.85. The first kappa shape index (κ1) is 11.5. The maximum Gasteiger partial charge on any atom is 0.0364 e. The first-order valence-electron chi connectivity index (χ1n) is 6.24. The monoisotopic (exact) mass is 218 g/mol. The summed E-state index contributed by atoms with van der Waals surface area (Å²) < 4.78 is 0. The van der Waals surface area contributed by atoms with Gasteiger partial charge >= 0.3 is 0 Å². The predicted octanol–water partition coefficient (Wildman–Crippen LogP) is 2.61. The summed E-state index contributed by atoms with van der Waals surface area (Å²) >= 11 is 0. The Morgan fingerprint density at radius 1 is 1.25 bits per heavy atom. The van der Waals surface area contributed by atoms with Crippen molar-refractivity contribution in [1.29, 1.82) is 0 Å². The fourth-order valence-electron chi connectivity index (χ4n) is 2.48. The van der Waals surface area contributed by atoms with E-state index in [-0.39, 0.29) is 0 Å². The lowest BCUT2D eigenvalue weighted by Gasteiger charge is -2.35. The van der Waals surface area contributed by atoms with Crippen molar-refractivity contribution < 1.29 is 0 Å². The minimum absolute atomic E-state index is 0.721. The molecule has 88 valence electrons. The van der Waals surface area contributed by atoms with Gasteiger partial charge in [-0.15, -0.1) is 0 Å². The van der Waals surface area contributed by atoms with Crippen LogP contribution in [0, 0.1) is 0 Å². The van der Waals surface area contributed by atoms with Gasteiger partial charge in [-0.25, -0.2) is 0 Å². The molecule has 1 aliphatic heterocycles. The zero-order valence-corrected chi connectivity index (χ0v) is 10.4. The van der Waals surface area contributed by atoms with Gasteiger partial charge in [0.15, 0.2) is 0 Å². The molecular formula is C14H22N2. The third-order valence-corrected chi connectivity index (χ3v) is 3.60. The summed E-state index contributed by atoms with van der Waals surface area (Å²) in [6.07, 6.45) is 4.09. The van der Waals surface area contributed by atoms with Gasteiger partial charge in [-0.1, -0.05) is 24.6 Å². The van der Waals surface area contributed by atoms with Gasteiger partial charge in [0, 0.05) is 25.3 Å². The van der Waals surface area contributed by atoms with Gasteiger partial charge in [-0.2, -0.15) is 0 Å². The molecule has 0 aliphatic carbocycles. The van der Waals surface area contributed by atoms with Gasteiger partial charge in [0.25, 0.3) is 0 Å². The molecule has 2 nitrogen and oxygen atoms in total. The summed E-state index contributed by atoms with van der Waals surface area (Å²) in [6.45, 7) is 2.40. The van der Waals surface area contributed by atoms with Gasteiger partial charge in [0.05, 0.1) is 0 Å². The number of benzene rings is 1. The smallest absolute Gasteiger partial charge is 0.0364 e. The van der Waals surface area contributed by atoms with E-state index in [0.29, 0.717) is 0 Å². The van der Waals surface area contributed by atoms with Crippen LogP contribution < -0.4 is 4.90 Å². The molecule has 1 heterocycles. The zero-order chi connectivity index (χ0) is 11.4. The molecule has 1 atom stereocenters. The van der Waals surface area contributed by atoms with Crippen LogP contribution in [0.25, 0.3) is 0 Å². The topological polar surface area (TPSA) is 6.48 Å². The fraction of sp³-hybridized carbons (Fsp3) is 0.571. The predicted molar refractivity (Wildman–Crippen MR) is 70.0 cm³/mol. The van der Waals surface area contributed by atoms with Crippen LogP contribution in [0.2, 0.25) is 0 Å². The molecule has 0 aromatic heterocycles. The van der Waals surface area contributed by atoms with E-state index >= 15 is 0 Å². The number of hydrogen-bond acceptors (Lipinski definition) is 2. The SMILES string of the molecule is CN(CC1CCCCN1C)c1ccccc1. The van der Waals surface area contributed by atoms with E-state index in [0.717, 1.165) is 12.6 Å². The highest BCUT2D eigenvalue weighted by molar-refractivity contribution is 5.45. The van der Waals surface area contributed by atoms with Crippen molar-refractivity contribution in [3.8, 4) is 0 Å². The third-order valence-electron chi connectivity index (χ3n) is 3.60. The summed E-state index contributed by atoms with van der Waals surface area (Å²) in [5.74, 6) is 0. The molecule has 0 N–H and O–H groups in total. The summed E-state index contributed by atoms with van der Waals surface area (Å²) in [7, 11) is 4.44. The van der Waals surface area contributed by atoms with E-state index in [1.54, 1.807) is 0 Å². The van der Waals surface area contributed by atoms with E-state index in [2.05, 4.69) is 54.2 Å². The molecule has 16 heavy (non-hydrogen) atoms. The van der Waals surface area contributed by atoms with Crippen molar-refractivity contribution in [3.63, 3.8) is 0 Å². The molecule has 2 heteroatoms. The van der Waals surface area contributed by atoms with Gasteiger partial charge in [0.2, 0.25) is 0 Å². The fourth-order valence-corrected chi connectivity index (χ4v) is 2.48. The standard InChI is InChI=1S/C14H22N2/c1-15-11-7-6-10-14(15)12-16(2)13-8-4-3-5-9-13/h3-5,8-9,14H,6-7,10-12H2,1-2H3. The zero-order valence-electron chi connectivity index (χ0n) is 10.4. The van der Waals surface area contributed by atoms with Crippen LogP contribution in [0.5, 0.6) is 0 Å². The van der Waals surface area contributed by atoms with Crippen molar-refractivity contribution >= 4 is 5.69 Å². The Morgan fingerprint density at radius 3 is 2.69 bits per heavy atom. The van der Waals surface area contributed by atoms with Crippen molar-refractivity contribution in [3.05, 3.63) is 30.3 Å². The minimum atomic E-state index is 0.721. The number of para-hydroxylation sites is 1. The number of nitrogens with zero attached hydrogens (tertiary/aromatic N) is 2. The van der Waals surface area contributed by atoms with Gasteiger partial charge in [-0.3, -0.25) is 0 Å². The largest absolute Gasteiger partial charge is 0.373 e. The van der Waals surface area contributed by atoms with Crippen molar-refractivity contribution in [1.82, 2.24) is 4.90 Å². The second-order valence-electron chi connectivity index (χ2n) is 4.85. The normalized spacial score (nSPS) is 22.0. The molecule has 0 amide bonds. The molecule has 1 aromatic rings. The Balaban J connectivity index is 1.94. The van der Waals surface area contributed by atoms with Crippen LogP contribution in [-0.4, -0.2) is 38.1 Å². The van der Waals surface area contributed by atoms with Crippen molar-refractivity contribution in [2.24, 2.45) is 0 Å². The summed E-state index contributed by atoms with van der Waals surface area (Å²) in [6, 6.07) is 11.4. The highest BCUT2D eigenvalue weighted by atomic mass is 15.2. The van der Waals surface area contributed by atoms with E-state index in [4.69, 9.17) is 0 Å².